The maximum absolute atomic E-state index is 13.0. The Morgan fingerprint density at radius 3 is 2.78 bits per heavy atom. The van der Waals surface area contributed by atoms with E-state index in [4.69, 9.17) is 21.8 Å². The molecule has 0 atom stereocenters. The van der Waals surface area contributed by atoms with E-state index in [0.717, 1.165) is 0 Å². The lowest BCUT2D eigenvalue weighted by molar-refractivity contribution is 0.602. The van der Waals surface area contributed by atoms with Gasteiger partial charge in [-0.05, 0) is 30.3 Å². The molecule has 0 radical (unpaired) electrons. The van der Waals surface area contributed by atoms with Crippen LogP contribution in [0.5, 0.6) is 0 Å². The fraction of sp³-hybridized carbons (Fsp3) is 0. The molecule has 0 unspecified atom stereocenters. The number of benzene rings is 2. The van der Waals surface area contributed by atoms with Crippen LogP contribution in [0.1, 0.15) is 0 Å². The van der Waals surface area contributed by atoms with E-state index in [1.807, 2.05) is 0 Å². The number of hydrogen-bond donors (Lipinski definition) is 1. The number of oxazole rings is 1. The normalized spacial score (nSPS) is 11.0. The number of anilines is 1. The van der Waals surface area contributed by atoms with E-state index in [1.54, 1.807) is 24.3 Å². The largest absolute Gasteiger partial charge is 0.436 e. The summed E-state index contributed by atoms with van der Waals surface area (Å²) in [6.45, 7) is 0. The van der Waals surface area contributed by atoms with Crippen molar-refractivity contribution in [1.29, 1.82) is 0 Å². The summed E-state index contributed by atoms with van der Waals surface area (Å²) in [4.78, 5) is 4.26. The van der Waals surface area contributed by atoms with Gasteiger partial charge in [0.15, 0.2) is 5.58 Å². The second-order valence-electron chi connectivity index (χ2n) is 3.87. The Kier molecular flexibility index (Phi) is 2.45. The van der Waals surface area contributed by atoms with Crippen LogP contribution in [-0.4, -0.2) is 4.98 Å². The summed E-state index contributed by atoms with van der Waals surface area (Å²) in [7, 11) is 0. The molecule has 1 aromatic heterocycles. The third-order valence-corrected chi connectivity index (χ3v) is 2.94. The average Bonchev–Trinajstić information content (AvgIpc) is 2.75. The molecule has 18 heavy (non-hydrogen) atoms. The number of halogens is 2. The average molecular weight is 263 g/mol. The van der Waals surface area contributed by atoms with Gasteiger partial charge in [0.25, 0.3) is 0 Å². The summed E-state index contributed by atoms with van der Waals surface area (Å²) in [5, 5.41) is 0.473. The molecule has 0 saturated heterocycles. The lowest BCUT2D eigenvalue weighted by Gasteiger charge is -1.99. The molecule has 0 bridgehead atoms. The molecular weight excluding hydrogens is 255 g/mol. The molecule has 5 heteroatoms. The summed E-state index contributed by atoms with van der Waals surface area (Å²) < 4.78 is 18.5. The van der Waals surface area contributed by atoms with Crippen molar-refractivity contribution in [3.8, 4) is 11.5 Å². The van der Waals surface area contributed by atoms with Crippen molar-refractivity contribution in [2.45, 2.75) is 0 Å². The zero-order valence-electron chi connectivity index (χ0n) is 9.15. The molecule has 1 heterocycles. The van der Waals surface area contributed by atoms with Gasteiger partial charge < -0.3 is 10.2 Å². The second kappa shape index (κ2) is 3.99. The van der Waals surface area contributed by atoms with Gasteiger partial charge in [-0.2, -0.15) is 0 Å². The molecule has 0 aliphatic carbocycles. The molecule has 3 aromatic rings. The van der Waals surface area contributed by atoms with E-state index in [-0.39, 0.29) is 5.82 Å². The molecule has 0 spiro atoms. The van der Waals surface area contributed by atoms with Gasteiger partial charge in [-0.3, -0.25) is 0 Å². The summed E-state index contributed by atoms with van der Waals surface area (Å²) in [6, 6.07) is 9.29. The van der Waals surface area contributed by atoms with E-state index in [1.165, 1.54) is 12.1 Å². The predicted octanol–water partition coefficient (Wildman–Crippen LogP) is 3.87. The first-order chi connectivity index (χ1) is 8.63. The minimum Gasteiger partial charge on any atom is -0.436 e. The maximum atomic E-state index is 13.0. The van der Waals surface area contributed by atoms with Crippen LogP contribution in [0, 0.1) is 5.82 Å². The molecule has 0 aliphatic rings. The number of rotatable bonds is 1. The molecule has 0 amide bonds. The topological polar surface area (TPSA) is 52.0 Å². The number of nitrogens with two attached hydrogens (primary N) is 1. The van der Waals surface area contributed by atoms with Gasteiger partial charge in [-0.25, -0.2) is 9.37 Å². The Morgan fingerprint density at radius 2 is 2.00 bits per heavy atom. The fourth-order valence-corrected chi connectivity index (χ4v) is 1.82. The SMILES string of the molecule is Nc1cc(-c2nc3ccc(F)cc3o2)ccc1Cl. The monoisotopic (exact) mass is 262 g/mol. The van der Waals surface area contributed by atoms with Crippen LogP contribution in [0.25, 0.3) is 22.6 Å². The summed E-state index contributed by atoms with van der Waals surface area (Å²) in [5.41, 5.74) is 7.86. The fourth-order valence-electron chi connectivity index (χ4n) is 1.70. The van der Waals surface area contributed by atoms with Crippen molar-refractivity contribution in [1.82, 2.24) is 4.98 Å². The number of hydrogen-bond acceptors (Lipinski definition) is 3. The Balaban J connectivity index is 2.16. The highest BCUT2D eigenvalue weighted by atomic mass is 35.5. The highest BCUT2D eigenvalue weighted by Crippen LogP contribution is 2.28. The molecule has 0 fully saturated rings. The molecule has 2 aromatic carbocycles. The number of nitrogens with zero attached hydrogens (tertiary/aromatic N) is 1. The first kappa shape index (κ1) is 11.0. The molecule has 90 valence electrons. The minimum atomic E-state index is -0.360. The van der Waals surface area contributed by atoms with E-state index < -0.39 is 0 Å². The lowest BCUT2D eigenvalue weighted by atomic mass is 10.2. The van der Waals surface area contributed by atoms with Crippen LogP contribution >= 0.6 is 11.6 Å². The number of nitrogen functional groups attached to an aromatic ring is 1. The number of fused-ring (bicyclic) bond motifs is 1. The highest BCUT2D eigenvalue weighted by molar-refractivity contribution is 6.33. The van der Waals surface area contributed by atoms with Crippen LogP contribution in [-0.2, 0) is 0 Å². The quantitative estimate of drug-likeness (QED) is 0.677. The molecule has 2 N–H and O–H groups in total. The van der Waals surface area contributed by atoms with E-state index >= 15 is 0 Å². The van der Waals surface area contributed by atoms with Gasteiger partial charge in [0.1, 0.15) is 11.3 Å². The zero-order chi connectivity index (χ0) is 12.7. The zero-order valence-corrected chi connectivity index (χ0v) is 9.91. The van der Waals surface area contributed by atoms with Crippen LogP contribution in [0.15, 0.2) is 40.8 Å². The van der Waals surface area contributed by atoms with Crippen LogP contribution in [0.4, 0.5) is 10.1 Å². The maximum Gasteiger partial charge on any atom is 0.227 e. The Bertz CT molecular complexity index is 739. The van der Waals surface area contributed by atoms with Gasteiger partial charge in [0, 0.05) is 11.6 Å². The van der Waals surface area contributed by atoms with Crippen molar-refractivity contribution >= 4 is 28.4 Å². The predicted molar refractivity (Wildman–Crippen MR) is 68.8 cm³/mol. The van der Waals surface area contributed by atoms with E-state index in [9.17, 15) is 4.39 Å². The van der Waals surface area contributed by atoms with E-state index in [0.29, 0.717) is 33.3 Å². The molecular formula is C13H8ClFN2O. The van der Waals surface area contributed by atoms with Crippen molar-refractivity contribution in [2.24, 2.45) is 0 Å². The summed E-state index contributed by atoms with van der Waals surface area (Å²) >= 11 is 5.84. The van der Waals surface area contributed by atoms with Gasteiger partial charge in [-0.15, -0.1) is 0 Å². The van der Waals surface area contributed by atoms with Gasteiger partial charge in [-0.1, -0.05) is 11.6 Å². The standard InChI is InChI=1S/C13H8ClFN2O/c14-9-3-1-7(5-10(9)16)13-17-11-4-2-8(15)6-12(11)18-13/h1-6H,16H2. The van der Waals surface area contributed by atoms with E-state index in [2.05, 4.69) is 4.98 Å². The number of aromatic nitrogens is 1. The Morgan fingerprint density at radius 1 is 1.17 bits per heavy atom. The van der Waals surface area contributed by atoms with Crippen molar-refractivity contribution in [3.05, 3.63) is 47.2 Å². The first-order valence-electron chi connectivity index (χ1n) is 5.25. The minimum absolute atomic E-state index is 0.360. The lowest BCUT2D eigenvalue weighted by Crippen LogP contribution is -1.87. The summed E-state index contributed by atoms with van der Waals surface area (Å²) in [5.74, 6) is 0.0276. The molecule has 0 aliphatic heterocycles. The van der Waals surface area contributed by atoms with Crippen LogP contribution < -0.4 is 5.73 Å². The van der Waals surface area contributed by atoms with Crippen molar-refractivity contribution in [2.75, 3.05) is 5.73 Å². The van der Waals surface area contributed by atoms with Crippen LogP contribution in [0.3, 0.4) is 0 Å². The van der Waals surface area contributed by atoms with Gasteiger partial charge in [0.2, 0.25) is 5.89 Å². The molecule has 3 nitrogen and oxygen atoms in total. The van der Waals surface area contributed by atoms with Gasteiger partial charge >= 0.3 is 0 Å². The summed E-state index contributed by atoms with van der Waals surface area (Å²) in [6.07, 6.45) is 0. The van der Waals surface area contributed by atoms with Crippen molar-refractivity contribution in [3.63, 3.8) is 0 Å². The molecule has 3 rings (SSSR count). The first-order valence-corrected chi connectivity index (χ1v) is 5.63. The molecule has 0 saturated carbocycles. The van der Waals surface area contributed by atoms with Crippen molar-refractivity contribution < 1.29 is 8.81 Å². The van der Waals surface area contributed by atoms with Crippen LogP contribution in [0.2, 0.25) is 5.02 Å². The van der Waals surface area contributed by atoms with Gasteiger partial charge in [0.05, 0.1) is 10.7 Å². The smallest absolute Gasteiger partial charge is 0.227 e. The highest BCUT2D eigenvalue weighted by Gasteiger charge is 2.10. The third-order valence-electron chi connectivity index (χ3n) is 2.59. The Hall–Kier alpha value is -2.07. The Labute approximate surface area is 107 Å². The third kappa shape index (κ3) is 1.80. The second-order valence-corrected chi connectivity index (χ2v) is 4.27.